The normalized spacial score (nSPS) is 17.2. The summed E-state index contributed by atoms with van der Waals surface area (Å²) in [7, 11) is 0. The Balaban J connectivity index is 1.49. The van der Waals surface area contributed by atoms with E-state index in [4.69, 9.17) is 12.2 Å². The summed E-state index contributed by atoms with van der Waals surface area (Å²) >= 11 is 8.80. The number of benzene rings is 2. The van der Waals surface area contributed by atoms with Crippen LogP contribution in [0.2, 0.25) is 0 Å². The second-order valence-corrected chi connectivity index (χ2v) is 8.00. The highest BCUT2D eigenvalue weighted by molar-refractivity contribution is 9.10. The molecule has 1 fully saturated rings. The summed E-state index contributed by atoms with van der Waals surface area (Å²) in [5.74, 6) is 0.789. The first kappa shape index (κ1) is 18.2. The third kappa shape index (κ3) is 5.44. The number of thiocarbonyl (C=S) groups is 1. The van der Waals surface area contributed by atoms with Gasteiger partial charge in [0.05, 0.1) is 0 Å². The van der Waals surface area contributed by atoms with E-state index < -0.39 is 0 Å². The van der Waals surface area contributed by atoms with Crippen molar-refractivity contribution < 1.29 is 0 Å². The summed E-state index contributed by atoms with van der Waals surface area (Å²) in [6.45, 7) is 5.39. The summed E-state index contributed by atoms with van der Waals surface area (Å²) in [6, 6.07) is 16.8. The van der Waals surface area contributed by atoms with E-state index in [1.54, 1.807) is 0 Å². The van der Waals surface area contributed by atoms with E-state index in [9.17, 15) is 0 Å². The molecule has 0 spiro atoms. The Hall–Kier alpha value is -1.59. The molecule has 1 atom stereocenters. The molecule has 1 aliphatic rings. The van der Waals surface area contributed by atoms with Crippen LogP contribution < -0.4 is 15.5 Å². The zero-order chi connectivity index (χ0) is 17.6. The fourth-order valence-electron chi connectivity index (χ4n) is 3.14. The van der Waals surface area contributed by atoms with Gasteiger partial charge < -0.3 is 15.5 Å². The first-order chi connectivity index (χ1) is 12.1. The lowest BCUT2D eigenvalue weighted by atomic mass is 9.99. The van der Waals surface area contributed by atoms with Crippen molar-refractivity contribution in [2.75, 3.05) is 23.3 Å². The van der Waals surface area contributed by atoms with Gasteiger partial charge in [0.25, 0.3) is 0 Å². The highest BCUT2D eigenvalue weighted by Crippen LogP contribution is 2.23. The van der Waals surface area contributed by atoms with Crippen molar-refractivity contribution in [1.29, 1.82) is 0 Å². The monoisotopic (exact) mass is 417 g/mol. The van der Waals surface area contributed by atoms with Crippen molar-refractivity contribution >= 4 is 44.6 Å². The van der Waals surface area contributed by atoms with Gasteiger partial charge in [0.15, 0.2) is 5.11 Å². The van der Waals surface area contributed by atoms with E-state index in [1.807, 2.05) is 24.3 Å². The van der Waals surface area contributed by atoms with Crippen molar-refractivity contribution in [3.05, 3.63) is 58.6 Å². The molecule has 0 aromatic heterocycles. The van der Waals surface area contributed by atoms with Crippen molar-refractivity contribution in [1.82, 2.24) is 5.32 Å². The minimum absolute atomic E-state index is 0.635. The number of anilines is 2. The zero-order valence-corrected chi connectivity index (χ0v) is 16.9. The Morgan fingerprint density at radius 3 is 2.56 bits per heavy atom. The van der Waals surface area contributed by atoms with E-state index in [0.717, 1.165) is 22.6 Å². The summed E-state index contributed by atoms with van der Waals surface area (Å²) in [6.07, 6.45) is 2.64. The minimum atomic E-state index is 0.635. The second-order valence-electron chi connectivity index (χ2n) is 6.67. The molecule has 3 nitrogen and oxygen atoms in total. The fourth-order valence-corrected chi connectivity index (χ4v) is 3.59. The molecule has 0 saturated carbocycles. The van der Waals surface area contributed by atoms with Gasteiger partial charge in [0, 0.05) is 35.5 Å². The van der Waals surface area contributed by atoms with E-state index in [2.05, 4.69) is 62.7 Å². The van der Waals surface area contributed by atoms with E-state index in [-0.39, 0.29) is 0 Å². The van der Waals surface area contributed by atoms with Gasteiger partial charge in [0.2, 0.25) is 0 Å². The molecule has 1 heterocycles. The molecule has 25 heavy (non-hydrogen) atoms. The van der Waals surface area contributed by atoms with Gasteiger partial charge in [-0.05, 0) is 72.9 Å². The van der Waals surface area contributed by atoms with Crippen LogP contribution in [0, 0.1) is 5.92 Å². The maximum atomic E-state index is 5.37. The lowest BCUT2D eigenvalue weighted by molar-refractivity contribution is 0.447. The summed E-state index contributed by atoms with van der Waals surface area (Å²) in [4.78, 5) is 2.49. The number of nitrogens with one attached hydrogen (secondary N) is 2. The third-order valence-electron chi connectivity index (χ3n) is 4.51. The molecule has 0 bridgehead atoms. The van der Waals surface area contributed by atoms with Crippen LogP contribution in [0.25, 0.3) is 0 Å². The van der Waals surface area contributed by atoms with Gasteiger partial charge in [-0.25, -0.2) is 0 Å². The molecule has 0 amide bonds. The molecule has 3 rings (SSSR count). The standard InChI is InChI=1S/C20H24BrN3S/c1-15-3-2-12-24(14-15)19-10-4-16(5-11-19)13-22-20(25)23-18-8-6-17(21)7-9-18/h4-11,15H,2-3,12-14H2,1H3,(H2,22,23,25). The maximum Gasteiger partial charge on any atom is 0.171 e. The van der Waals surface area contributed by atoms with Crippen LogP contribution in [0.5, 0.6) is 0 Å². The number of halogens is 1. The van der Waals surface area contributed by atoms with Gasteiger partial charge in [-0.1, -0.05) is 35.0 Å². The molecule has 1 saturated heterocycles. The van der Waals surface area contributed by atoms with Gasteiger partial charge in [-0.3, -0.25) is 0 Å². The lowest BCUT2D eigenvalue weighted by Crippen LogP contribution is -2.34. The van der Waals surface area contributed by atoms with Crippen LogP contribution in [0.1, 0.15) is 25.3 Å². The highest BCUT2D eigenvalue weighted by atomic mass is 79.9. The van der Waals surface area contributed by atoms with Gasteiger partial charge >= 0.3 is 0 Å². The molecule has 0 aliphatic carbocycles. The molecule has 1 aliphatic heterocycles. The summed E-state index contributed by atoms with van der Waals surface area (Å²) < 4.78 is 1.06. The molecule has 2 N–H and O–H groups in total. The zero-order valence-electron chi connectivity index (χ0n) is 14.5. The Kier molecular flexibility index (Phi) is 6.32. The van der Waals surface area contributed by atoms with Crippen LogP contribution in [-0.4, -0.2) is 18.2 Å². The predicted octanol–water partition coefficient (Wildman–Crippen LogP) is 5.17. The molecule has 0 radical (unpaired) electrons. The number of rotatable bonds is 4. The maximum absolute atomic E-state index is 5.37. The highest BCUT2D eigenvalue weighted by Gasteiger charge is 2.16. The predicted molar refractivity (Wildman–Crippen MR) is 114 cm³/mol. The second kappa shape index (κ2) is 8.68. The Bertz CT molecular complexity index is 700. The van der Waals surface area contributed by atoms with Crippen LogP contribution >= 0.6 is 28.1 Å². The quantitative estimate of drug-likeness (QED) is 0.670. The summed E-state index contributed by atoms with van der Waals surface area (Å²) in [5.41, 5.74) is 3.54. The molecular weight excluding hydrogens is 394 g/mol. The number of nitrogens with zero attached hydrogens (tertiary/aromatic N) is 1. The molecule has 132 valence electrons. The Labute approximate surface area is 163 Å². The van der Waals surface area contributed by atoms with Crippen molar-refractivity contribution in [2.45, 2.75) is 26.3 Å². The van der Waals surface area contributed by atoms with Gasteiger partial charge in [-0.15, -0.1) is 0 Å². The van der Waals surface area contributed by atoms with Crippen molar-refractivity contribution in [3.8, 4) is 0 Å². The van der Waals surface area contributed by atoms with Crippen LogP contribution in [0.4, 0.5) is 11.4 Å². The first-order valence-corrected chi connectivity index (χ1v) is 9.94. The van der Waals surface area contributed by atoms with Crippen molar-refractivity contribution in [3.63, 3.8) is 0 Å². The van der Waals surface area contributed by atoms with Crippen molar-refractivity contribution in [2.24, 2.45) is 5.92 Å². The third-order valence-corrected chi connectivity index (χ3v) is 5.29. The lowest BCUT2D eigenvalue weighted by Gasteiger charge is -2.32. The molecule has 2 aromatic carbocycles. The Morgan fingerprint density at radius 1 is 1.16 bits per heavy atom. The van der Waals surface area contributed by atoms with Crippen LogP contribution in [0.3, 0.4) is 0 Å². The fraction of sp³-hybridized carbons (Fsp3) is 0.350. The Morgan fingerprint density at radius 2 is 1.88 bits per heavy atom. The molecular formula is C20H24BrN3S. The number of piperidine rings is 1. The van der Waals surface area contributed by atoms with Gasteiger partial charge in [-0.2, -0.15) is 0 Å². The number of hydrogen-bond donors (Lipinski definition) is 2. The SMILES string of the molecule is CC1CCCN(c2ccc(CNC(=S)Nc3ccc(Br)cc3)cc2)C1. The topological polar surface area (TPSA) is 27.3 Å². The van der Waals surface area contributed by atoms with Crippen LogP contribution in [-0.2, 0) is 6.54 Å². The smallest absolute Gasteiger partial charge is 0.171 e. The molecule has 5 heteroatoms. The summed E-state index contributed by atoms with van der Waals surface area (Å²) in [5, 5.41) is 7.10. The number of hydrogen-bond acceptors (Lipinski definition) is 2. The van der Waals surface area contributed by atoms with E-state index >= 15 is 0 Å². The van der Waals surface area contributed by atoms with E-state index in [1.165, 1.54) is 37.2 Å². The van der Waals surface area contributed by atoms with Gasteiger partial charge in [0.1, 0.15) is 0 Å². The minimum Gasteiger partial charge on any atom is -0.371 e. The molecule has 2 aromatic rings. The average molecular weight is 418 g/mol. The molecule has 1 unspecified atom stereocenters. The van der Waals surface area contributed by atoms with E-state index in [0.29, 0.717) is 5.11 Å². The largest absolute Gasteiger partial charge is 0.371 e. The first-order valence-electron chi connectivity index (χ1n) is 8.74. The average Bonchev–Trinajstić information content (AvgIpc) is 2.62. The van der Waals surface area contributed by atoms with Crippen LogP contribution in [0.15, 0.2) is 53.0 Å².